The second-order valence-corrected chi connectivity index (χ2v) is 4.35. The van der Waals surface area contributed by atoms with Gasteiger partial charge < -0.3 is 21.1 Å². The Balaban J connectivity index is 1.80. The molecule has 1 aromatic carbocycles. The van der Waals surface area contributed by atoms with Gasteiger partial charge in [-0.05, 0) is 36.4 Å². The molecule has 0 saturated heterocycles. The largest absolute Gasteiger partial charge is 0.492 e. The minimum Gasteiger partial charge on any atom is -0.492 e. The molecule has 1 amide bonds. The maximum atomic E-state index is 11.5. The Hall–Kier alpha value is -2.76. The number of nitrogens with one attached hydrogen (secondary N) is 2. The van der Waals surface area contributed by atoms with Crippen LogP contribution in [0.3, 0.4) is 0 Å². The van der Waals surface area contributed by atoms with Crippen LogP contribution in [0.5, 0.6) is 5.75 Å². The van der Waals surface area contributed by atoms with Crippen molar-refractivity contribution in [2.45, 2.75) is 0 Å². The van der Waals surface area contributed by atoms with E-state index in [2.05, 4.69) is 15.6 Å². The summed E-state index contributed by atoms with van der Waals surface area (Å²) in [6, 6.07) is 10.7. The van der Waals surface area contributed by atoms with E-state index in [0.717, 1.165) is 11.4 Å². The molecule has 0 aliphatic heterocycles. The lowest BCUT2D eigenvalue weighted by atomic mass is 10.3. The first-order chi connectivity index (χ1) is 10.2. The SMILES string of the molecule is CNC(=O)c1cc(NCCOc2ccc(N)cc2)ccn1. The molecular formula is C15H18N4O2. The summed E-state index contributed by atoms with van der Waals surface area (Å²) >= 11 is 0. The predicted molar refractivity (Wildman–Crippen MR) is 82.5 cm³/mol. The van der Waals surface area contributed by atoms with E-state index in [1.807, 2.05) is 12.1 Å². The smallest absolute Gasteiger partial charge is 0.269 e. The van der Waals surface area contributed by atoms with Crippen molar-refractivity contribution < 1.29 is 9.53 Å². The Kier molecular flexibility index (Phi) is 4.98. The summed E-state index contributed by atoms with van der Waals surface area (Å²) in [7, 11) is 1.57. The van der Waals surface area contributed by atoms with Gasteiger partial charge in [-0.2, -0.15) is 0 Å². The number of nitrogen functional groups attached to an aromatic ring is 1. The van der Waals surface area contributed by atoms with Crippen LogP contribution in [0, 0.1) is 0 Å². The van der Waals surface area contributed by atoms with Crippen LogP contribution in [0.15, 0.2) is 42.6 Å². The topological polar surface area (TPSA) is 89.3 Å². The average Bonchev–Trinajstić information content (AvgIpc) is 2.53. The lowest BCUT2D eigenvalue weighted by Gasteiger charge is -2.09. The van der Waals surface area contributed by atoms with Crippen molar-refractivity contribution in [1.82, 2.24) is 10.3 Å². The molecular weight excluding hydrogens is 268 g/mol. The summed E-state index contributed by atoms with van der Waals surface area (Å²) in [6.07, 6.45) is 1.59. The van der Waals surface area contributed by atoms with Crippen LogP contribution in [0.1, 0.15) is 10.5 Å². The zero-order valence-electron chi connectivity index (χ0n) is 11.8. The second kappa shape index (κ2) is 7.14. The van der Waals surface area contributed by atoms with Gasteiger partial charge in [0.1, 0.15) is 18.1 Å². The van der Waals surface area contributed by atoms with Crippen molar-refractivity contribution in [3.05, 3.63) is 48.3 Å². The summed E-state index contributed by atoms with van der Waals surface area (Å²) in [4.78, 5) is 15.5. The molecule has 0 saturated carbocycles. The van der Waals surface area contributed by atoms with Gasteiger partial charge in [-0.25, -0.2) is 0 Å². The zero-order valence-corrected chi connectivity index (χ0v) is 11.8. The maximum Gasteiger partial charge on any atom is 0.269 e. The van der Waals surface area contributed by atoms with Crippen molar-refractivity contribution in [2.75, 3.05) is 31.2 Å². The molecule has 0 unspecified atom stereocenters. The average molecular weight is 286 g/mol. The van der Waals surface area contributed by atoms with Gasteiger partial charge in [0.2, 0.25) is 0 Å². The van der Waals surface area contributed by atoms with Crippen molar-refractivity contribution in [2.24, 2.45) is 0 Å². The first-order valence-corrected chi connectivity index (χ1v) is 6.59. The minimum absolute atomic E-state index is 0.211. The Bertz CT molecular complexity index is 599. The fourth-order valence-corrected chi connectivity index (χ4v) is 1.72. The number of pyridine rings is 1. The number of carbonyl (C=O) groups is 1. The van der Waals surface area contributed by atoms with Crippen LogP contribution in [0.2, 0.25) is 0 Å². The molecule has 2 rings (SSSR count). The minimum atomic E-state index is -0.211. The standard InChI is InChI=1S/C15H18N4O2/c1-17-15(20)14-10-12(6-7-19-14)18-8-9-21-13-4-2-11(16)3-5-13/h2-7,10H,8-9,16H2,1H3,(H,17,20)(H,18,19). The van der Waals surface area contributed by atoms with Crippen LogP contribution >= 0.6 is 0 Å². The predicted octanol–water partition coefficient (Wildman–Crippen LogP) is 1.51. The molecule has 0 aliphatic carbocycles. The van der Waals surface area contributed by atoms with Gasteiger partial charge in [-0.15, -0.1) is 0 Å². The number of ether oxygens (including phenoxy) is 1. The molecule has 2 aromatic rings. The number of amides is 1. The Morgan fingerprint density at radius 3 is 2.76 bits per heavy atom. The molecule has 6 heteroatoms. The maximum absolute atomic E-state index is 11.5. The zero-order chi connectivity index (χ0) is 15.1. The van der Waals surface area contributed by atoms with Crippen LogP contribution in [-0.4, -0.2) is 31.1 Å². The highest BCUT2D eigenvalue weighted by atomic mass is 16.5. The molecule has 1 heterocycles. The highest BCUT2D eigenvalue weighted by Gasteiger charge is 2.04. The molecule has 0 spiro atoms. The fourth-order valence-electron chi connectivity index (χ4n) is 1.72. The molecule has 1 aromatic heterocycles. The number of carbonyl (C=O) groups excluding carboxylic acids is 1. The van der Waals surface area contributed by atoms with E-state index < -0.39 is 0 Å². The van der Waals surface area contributed by atoms with Gasteiger partial charge in [0.25, 0.3) is 5.91 Å². The third-order valence-corrected chi connectivity index (χ3v) is 2.80. The third-order valence-electron chi connectivity index (χ3n) is 2.80. The van der Waals surface area contributed by atoms with Gasteiger partial charge >= 0.3 is 0 Å². The molecule has 6 nitrogen and oxygen atoms in total. The molecule has 110 valence electrons. The van der Waals surface area contributed by atoms with Crippen LogP contribution < -0.4 is 21.1 Å². The quantitative estimate of drug-likeness (QED) is 0.553. The van der Waals surface area contributed by atoms with Crippen LogP contribution in [0.4, 0.5) is 11.4 Å². The Morgan fingerprint density at radius 2 is 2.05 bits per heavy atom. The van der Waals surface area contributed by atoms with Crippen molar-refractivity contribution in [3.63, 3.8) is 0 Å². The van der Waals surface area contributed by atoms with Crippen molar-refractivity contribution in [1.29, 1.82) is 0 Å². The Morgan fingerprint density at radius 1 is 1.29 bits per heavy atom. The number of benzene rings is 1. The molecule has 0 aliphatic rings. The summed E-state index contributed by atoms with van der Waals surface area (Å²) in [5.41, 5.74) is 7.51. The summed E-state index contributed by atoms with van der Waals surface area (Å²) in [5.74, 6) is 0.559. The van der Waals surface area contributed by atoms with E-state index >= 15 is 0 Å². The number of hydrogen-bond donors (Lipinski definition) is 3. The lowest BCUT2D eigenvalue weighted by molar-refractivity contribution is 0.0958. The first kappa shape index (κ1) is 14.6. The molecule has 4 N–H and O–H groups in total. The fraction of sp³-hybridized carbons (Fsp3) is 0.200. The highest BCUT2D eigenvalue weighted by molar-refractivity contribution is 5.92. The number of anilines is 2. The molecule has 0 fully saturated rings. The highest BCUT2D eigenvalue weighted by Crippen LogP contribution is 2.13. The van der Waals surface area contributed by atoms with E-state index in [9.17, 15) is 4.79 Å². The number of nitrogens with two attached hydrogens (primary N) is 1. The first-order valence-electron chi connectivity index (χ1n) is 6.59. The summed E-state index contributed by atoms with van der Waals surface area (Å²) in [6.45, 7) is 1.11. The number of nitrogens with zero attached hydrogens (tertiary/aromatic N) is 1. The van der Waals surface area contributed by atoms with E-state index in [0.29, 0.717) is 24.5 Å². The van der Waals surface area contributed by atoms with Crippen LogP contribution in [0.25, 0.3) is 0 Å². The summed E-state index contributed by atoms with van der Waals surface area (Å²) < 4.78 is 5.57. The molecule has 0 atom stereocenters. The second-order valence-electron chi connectivity index (χ2n) is 4.35. The van der Waals surface area contributed by atoms with Gasteiger partial charge in [0, 0.05) is 31.2 Å². The van der Waals surface area contributed by atoms with E-state index in [4.69, 9.17) is 10.5 Å². The number of aromatic nitrogens is 1. The normalized spacial score (nSPS) is 9.95. The monoisotopic (exact) mass is 286 g/mol. The number of hydrogen-bond acceptors (Lipinski definition) is 5. The Labute approximate surface area is 123 Å². The van der Waals surface area contributed by atoms with E-state index in [1.165, 1.54) is 0 Å². The van der Waals surface area contributed by atoms with Crippen LogP contribution in [-0.2, 0) is 0 Å². The van der Waals surface area contributed by atoms with Gasteiger partial charge in [-0.1, -0.05) is 0 Å². The van der Waals surface area contributed by atoms with Gasteiger partial charge in [0.05, 0.1) is 0 Å². The van der Waals surface area contributed by atoms with Crippen molar-refractivity contribution >= 4 is 17.3 Å². The molecule has 21 heavy (non-hydrogen) atoms. The summed E-state index contributed by atoms with van der Waals surface area (Å²) in [5, 5.41) is 5.71. The number of rotatable bonds is 6. The molecule has 0 bridgehead atoms. The molecule has 0 radical (unpaired) electrons. The third kappa shape index (κ3) is 4.38. The van der Waals surface area contributed by atoms with Crippen molar-refractivity contribution in [3.8, 4) is 5.75 Å². The van der Waals surface area contributed by atoms with Gasteiger partial charge in [-0.3, -0.25) is 9.78 Å². The lowest BCUT2D eigenvalue weighted by Crippen LogP contribution is -2.19. The van der Waals surface area contributed by atoms with E-state index in [-0.39, 0.29) is 5.91 Å². The van der Waals surface area contributed by atoms with Gasteiger partial charge in [0.15, 0.2) is 0 Å². The van der Waals surface area contributed by atoms with E-state index in [1.54, 1.807) is 37.5 Å².